The fourth-order valence-corrected chi connectivity index (χ4v) is 3.56. The van der Waals surface area contributed by atoms with Crippen molar-refractivity contribution in [2.75, 3.05) is 43.6 Å². The van der Waals surface area contributed by atoms with E-state index in [9.17, 15) is 4.79 Å². The van der Waals surface area contributed by atoms with Crippen molar-refractivity contribution in [1.29, 1.82) is 0 Å². The smallest absolute Gasteiger partial charge is 0.241 e. The van der Waals surface area contributed by atoms with E-state index in [1.54, 1.807) is 0 Å². The molecule has 0 saturated carbocycles. The van der Waals surface area contributed by atoms with E-state index in [2.05, 4.69) is 72.3 Å². The van der Waals surface area contributed by atoms with Gasteiger partial charge in [-0.1, -0.05) is 45.0 Å². The number of likely N-dealkylation sites (N-methyl/N-ethyl adjacent to an activating group) is 1. The summed E-state index contributed by atoms with van der Waals surface area (Å²) in [6.45, 7) is 12.7. The summed E-state index contributed by atoms with van der Waals surface area (Å²) in [5.41, 5.74) is 4.67. The molecule has 2 aromatic rings. The summed E-state index contributed by atoms with van der Waals surface area (Å²) in [5, 5.41) is 3.04. The highest BCUT2D eigenvalue weighted by atomic mass is 16.5. The van der Waals surface area contributed by atoms with Gasteiger partial charge in [-0.15, -0.1) is 0 Å². The van der Waals surface area contributed by atoms with Crippen molar-refractivity contribution in [2.24, 2.45) is 0 Å². The molecule has 0 bridgehead atoms. The highest BCUT2D eigenvalue weighted by Crippen LogP contribution is 2.23. The van der Waals surface area contributed by atoms with Gasteiger partial charge in [0.15, 0.2) is 0 Å². The lowest BCUT2D eigenvalue weighted by Gasteiger charge is -2.29. The SMILES string of the molecule is C[C@H](C(=O)Nc1ccc(N2CCOCC2)cc1)N(C)Cc1ccc(C(C)(C)C)cc1. The van der Waals surface area contributed by atoms with Gasteiger partial charge in [0.25, 0.3) is 0 Å². The van der Waals surface area contributed by atoms with Crippen molar-refractivity contribution in [2.45, 2.75) is 45.7 Å². The molecule has 1 aliphatic heterocycles. The van der Waals surface area contributed by atoms with Gasteiger partial charge in [-0.05, 0) is 54.8 Å². The van der Waals surface area contributed by atoms with Crippen LogP contribution < -0.4 is 10.2 Å². The Kier molecular flexibility index (Phi) is 7.16. The molecule has 5 heteroatoms. The minimum atomic E-state index is -0.230. The lowest BCUT2D eigenvalue weighted by Crippen LogP contribution is -2.39. The van der Waals surface area contributed by atoms with Gasteiger partial charge in [0.1, 0.15) is 0 Å². The highest BCUT2D eigenvalue weighted by molar-refractivity contribution is 5.94. The van der Waals surface area contributed by atoms with E-state index in [0.717, 1.165) is 38.5 Å². The zero-order valence-electron chi connectivity index (χ0n) is 18.9. The van der Waals surface area contributed by atoms with Crippen molar-refractivity contribution in [1.82, 2.24) is 4.90 Å². The van der Waals surface area contributed by atoms with Gasteiger partial charge in [0.05, 0.1) is 19.3 Å². The van der Waals surface area contributed by atoms with E-state index in [1.165, 1.54) is 16.8 Å². The Morgan fingerprint density at radius 1 is 1.07 bits per heavy atom. The minimum absolute atomic E-state index is 0.00272. The minimum Gasteiger partial charge on any atom is -0.378 e. The number of rotatable bonds is 6. The molecule has 3 rings (SSSR count). The number of morpholine rings is 1. The quantitative estimate of drug-likeness (QED) is 0.773. The van der Waals surface area contributed by atoms with Gasteiger partial charge in [0, 0.05) is 31.0 Å². The molecule has 30 heavy (non-hydrogen) atoms. The molecule has 0 aliphatic carbocycles. The Morgan fingerprint density at radius 2 is 1.67 bits per heavy atom. The van der Waals surface area contributed by atoms with Crippen LogP contribution >= 0.6 is 0 Å². The predicted molar refractivity (Wildman–Crippen MR) is 124 cm³/mol. The van der Waals surface area contributed by atoms with Gasteiger partial charge < -0.3 is 15.0 Å². The normalized spacial score (nSPS) is 15.9. The highest BCUT2D eigenvalue weighted by Gasteiger charge is 2.19. The second-order valence-electron chi connectivity index (χ2n) is 9.17. The predicted octanol–water partition coefficient (Wildman–Crippen LogP) is 4.28. The third-order valence-electron chi connectivity index (χ3n) is 5.80. The second kappa shape index (κ2) is 9.63. The Labute approximate surface area is 181 Å². The number of hydrogen-bond donors (Lipinski definition) is 1. The van der Waals surface area contributed by atoms with Crippen molar-refractivity contribution in [3.05, 3.63) is 59.7 Å². The van der Waals surface area contributed by atoms with Gasteiger partial charge >= 0.3 is 0 Å². The van der Waals surface area contributed by atoms with Crippen LogP contribution in [0.15, 0.2) is 48.5 Å². The van der Waals surface area contributed by atoms with Crippen molar-refractivity contribution in [3.8, 4) is 0 Å². The van der Waals surface area contributed by atoms with Crippen LogP contribution in [-0.2, 0) is 21.5 Å². The first-order chi connectivity index (χ1) is 14.2. The average Bonchev–Trinajstić information content (AvgIpc) is 2.74. The maximum atomic E-state index is 12.7. The number of ether oxygens (including phenoxy) is 1. The van der Waals surface area contributed by atoms with Gasteiger partial charge in [-0.25, -0.2) is 0 Å². The molecule has 1 saturated heterocycles. The van der Waals surface area contributed by atoms with Gasteiger partial charge in [-0.2, -0.15) is 0 Å². The monoisotopic (exact) mass is 409 g/mol. The fourth-order valence-electron chi connectivity index (χ4n) is 3.56. The number of anilines is 2. The molecule has 0 radical (unpaired) electrons. The number of hydrogen-bond acceptors (Lipinski definition) is 4. The first kappa shape index (κ1) is 22.3. The molecule has 1 amide bonds. The zero-order chi connectivity index (χ0) is 21.7. The molecule has 0 aromatic heterocycles. The van der Waals surface area contributed by atoms with Gasteiger partial charge in [0.2, 0.25) is 5.91 Å². The average molecular weight is 410 g/mol. The lowest BCUT2D eigenvalue weighted by atomic mass is 9.87. The summed E-state index contributed by atoms with van der Waals surface area (Å²) in [6.07, 6.45) is 0. The van der Waals surface area contributed by atoms with E-state index < -0.39 is 0 Å². The molecule has 0 unspecified atom stereocenters. The van der Waals surface area contributed by atoms with Crippen LogP contribution in [0.5, 0.6) is 0 Å². The van der Waals surface area contributed by atoms with E-state index in [0.29, 0.717) is 0 Å². The summed E-state index contributed by atoms with van der Waals surface area (Å²) in [5.74, 6) is 0.00272. The molecule has 1 aliphatic rings. The van der Waals surface area contributed by atoms with E-state index in [1.807, 2.05) is 26.1 Å². The number of amides is 1. The standard InChI is InChI=1S/C25H35N3O2/c1-19(27(5)18-20-6-8-21(9-7-20)25(2,3)4)24(29)26-22-10-12-23(13-11-22)28-14-16-30-17-15-28/h6-13,19H,14-18H2,1-5H3,(H,26,29)/t19-/m1/s1. The zero-order valence-corrected chi connectivity index (χ0v) is 18.9. The maximum Gasteiger partial charge on any atom is 0.241 e. The van der Waals surface area contributed by atoms with Crippen LogP contribution in [0.3, 0.4) is 0 Å². The Morgan fingerprint density at radius 3 is 2.23 bits per heavy atom. The largest absolute Gasteiger partial charge is 0.378 e. The fraction of sp³-hybridized carbons (Fsp3) is 0.480. The summed E-state index contributed by atoms with van der Waals surface area (Å²) in [7, 11) is 1.99. The summed E-state index contributed by atoms with van der Waals surface area (Å²) in [4.78, 5) is 17.1. The van der Waals surface area contributed by atoms with Crippen LogP contribution in [0.1, 0.15) is 38.8 Å². The Hall–Kier alpha value is -2.37. The molecule has 162 valence electrons. The van der Waals surface area contributed by atoms with Crippen LogP contribution in [0.2, 0.25) is 0 Å². The third-order valence-corrected chi connectivity index (χ3v) is 5.80. The number of carbonyl (C=O) groups excluding carboxylic acids is 1. The number of benzene rings is 2. The summed E-state index contributed by atoms with van der Waals surface area (Å²) < 4.78 is 5.41. The van der Waals surface area contributed by atoms with Gasteiger partial charge in [-0.3, -0.25) is 9.69 Å². The number of nitrogens with zero attached hydrogens (tertiary/aromatic N) is 2. The lowest BCUT2D eigenvalue weighted by molar-refractivity contribution is -0.120. The van der Waals surface area contributed by atoms with E-state index in [4.69, 9.17) is 4.74 Å². The molecule has 1 atom stereocenters. The topological polar surface area (TPSA) is 44.8 Å². The van der Waals surface area contributed by atoms with Crippen molar-refractivity contribution >= 4 is 17.3 Å². The molecular formula is C25H35N3O2. The van der Waals surface area contributed by atoms with Crippen LogP contribution in [-0.4, -0.2) is 50.2 Å². The first-order valence-electron chi connectivity index (χ1n) is 10.8. The van der Waals surface area contributed by atoms with E-state index in [-0.39, 0.29) is 17.4 Å². The van der Waals surface area contributed by atoms with Crippen LogP contribution in [0, 0.1) is 0 Å². The first-order valence-corrected chi connectivity index (χ1v) is 10.8. The maximum absolute atomic E-state index is 12.7. The molecule has 1 N–H and O–H groups in total. The third kappa shape index (κ3) is 5.83. The second-order valence-corrected chi connectivity index (χ2v) is 9.17. The summed E-state index contributed by atoms with van der Waals surface area (Å²) >= 11 is 0. The summed E-state index contributed by atoms with van der Waals surface area (Å²) in [6, 6.07) is 16.5. The molecular weight excluding hydrogens is 374 g/mol. The van der Waals surface area contributed by atoms with Crippen LogP contribution in [0.25, 0.3) is 0 Å². The molecule has 0 spiro atoms. The van der Waals surface area contributed by atoms with Crippen LogP contribution in [0.4, 0.5) is 11.4 Å². The van der Waals surface area contributed by atoms with Crippen molar-refractivity contribution in [3.63, 3.8) is 0 Å². The molecule has 2 aromatic carbocycles. The molecule has 5 nitrogen and oxygen atoms in total. The number of carbonyl (C=O) groups is 1. The van der Waals surface area contributed by atoms with Crippen molar-refractivity contribution < 1.29 is 9.53 Å². The molecule has 1 heterocycles. The molecule has 1 fully saturated rings. The van der Waals surface area contributed by atoms with E-state index >= 15 is 0 Å². The Balaban J connectivity index is 1.54. The Bertz CT molecular complexity index is 819. The number of nitrogens with one attached hydrogen (secondary N) is 1.